The van der Waals surface area contributed by atoms with Crippen LogP contribution >= 0.6 is 11.3 Å². The zero-order valence-electron chi connectivity index (χ0n) is 15.4. The quantitative estimate of drug-likeness (QED) is 0.560. The summed E-state index contributed by atoms with van der Waals surface area (Å²) in [5, 5.41) is 6.15. The lowest BCUT2D eigenvalue weighted by atomic mass is 9.98. The molecule has 1 heterocycles. The first-order chi connectivity index (χ1) is 13.7. The van der Waals surface area contributed by atoms with Crippen molar-refractivity contribution in [1.29, 1.82) is 0 Å². The van der Waals surface area contributed by atoms with Crippen molar-refractivity contribution >= 4 is 38.3 Å². The van der Waals surface area contributed by atoms with Crippen LogP contribution in [0.15, 0.2) is 78.6 Å². The van der Waals surface area contributed by atoms with E-state index in [1.54, 1.807) is 0 Å². The lowest BCUT2D eigenvalue weighted by Gasteiger charge is -2.08. The fourth-order valence-corrected chi connectivity index (χ4v) is 4.01. The van der Waals surface area contributed by atoms with Gasteiger partial charge in [0.05, 0.1) is 10.2 Å². The number of nitrogens with zero attached hydrogens (tertiary/aromatic N) is 1. The molecule has 138 valence electrons. The van der Waals surface area contributed by atoms with Crippen LogP contribution in [0, 0.1) is 0 Å². The molecule has 4 nitrogen and oxygen atoms in total. The third kappa shape index (κ3) is 3.81. The molecule has 1 aliphatic carbocycles. The van der Waals surface area contributed by atoms with Gasteiger partial charge >= 0.3 is 6.03 Å². The molecule has 0 atom stereocenters. The molecular weight excluding hydrogens is 366 g/mol. The van der Waals surface area contributed by atoms with E-state index >= 15 is 0 Å². The Morgan fingerprint density at radius 1 is 1.14 bits per heavy atom. The number of thiazole rings is 1. The van der Waals surface area contributed by atoms with Gasteiger partial charge in [-0.3, -0.25) is 5.32 Å². The van der Waals surface area contributed by atoms with Crippen LogP contribution in [0.3, 0.4) is 0 Å². The first-order valence-electron chi connectivity index (χ1n) is 9.09. The third-order valence-corrected chi connectivity index (χ3v) is 5.31. The van der Waals surface area contributed by atoms with Crippen molar-refractivity contribution < 1.29 is 4.79 Å². The minimum Gasteiger partial charge on any atom is -0.338 e. The molecule has 4 rings (SSSR count). The highest BCUT2D eigenvalue weighted by Crippen LogP contribution is 2.38. The highest BCUT2D eigenvalue weighted by atomic mass is 32.1. The molecule has 0 unspecified atom stereocenters. The molecule has 0 radical (unpaired) electrons. The van der Waals surface area contributed by atoms with E-state index in [0.717, 1.165) is 32.5 Å². The number of amides is 2. The van der Waals surface area contributed by atoms with Gasteiger partial charge in [-0.15, -0.1) is 5.73 Å². The van der Waals surface area contributed by atoms with Gasteiger partial charge in [0.1, 0.15) is 0 Å². The second kappa shape index (κ2) is 8.09. The van der Waals surface area contributed by atoms with Crippen LogP contribution < -0.4 is 10.6 Å². The SMILES string of the molecule is CCNC(=O)Nc1nc2cc(C3=CC=C=CC=C3)cc(-c3ccccc3)c2s1. The van der Waals surface area contributed by atoms with Crippen LogP contribution in [0.5, 0.6) is 0 Å². The van der Waals surface area contributed by atoms with Crippen molar-refractivity contribution in [2.75, 3.05) is 11.9 Å². The average Bonchev–Trinajstić information content (AvgIpc) is 2.92. The van der Waals surface area contributed by atoms with Gasteiger partial charge in [-0.1, -0.05) is 53.8 Å². The van der Waals surface area contributed by atoms with E-state index in [4.69, 9.17) is 0 Å². The summed E-state index contributed by atoms with van der Waals surface area (Å²) in [4.78, 5) is 16.6. The van der Waals surface area contributed by atoms with Gasteiger partial charge in [0.15, 0.2) is 5.13 Å². The number of rotatable bonds is 4. The summed E-state index contributed by atoms with van der Waals surface area (Å²) in [6, 6.07) is 14.3. The van der Waals surface area contributed by atoms with Crippen LogP contribution in [0.25, 0.3) is 26.9 Å². The Morgan fingerprint density at radius 2 is 2.00 bits per heavy atom. The molecule has 0 bridgehead atoms. The van der Waals surface area contributed by atoms with Gasteiger partial charge in [0.25, 0.3) is 0 Å². The first kappa shape index (κ1) is 18.0. The maximum Gasteiger partial charge on any atom is 0.321 e. The number of nitrogens with one attached hydrogen (secondary N) is 2. The van der Waals surface area contributed by atoms with Gasteiger partial charge in [-0.25, -0.2) is 9.78 Å². The van der Waals surface area contributed by atoms with Crippen molar-refractivity contribution in [2.45, 2.75) is 6.92 Å². The summed E-state index contributed by atoms with van der Waals surface area (Å²) in [5.74, 6) is 0. The largest absolute Gasteiger partial charge is 0.338 e. The molecule has 1 aromatic heterocycles. The van der Waals surface area contributed by atoms with E-state index in [1.165, 1.54) is 11.3 Å². The lowest BCUT2D eigenvalue weighted by molar-refractivity contribution is 0.252. The maximum absolute atomic E-state index is 11.9. The second-order valence-corrected chi connectivity index (χ2v) is 7.22. The van der Waals surface area contributed by atoms with E-state index in [-0.39, 0.29) is 6.03 Å². The molecule has 0 spiro atoms. The van der Waals surface area contributed by atoms with Crippen LogP contribution in [0.1, 0.15) is 12.5 Å². The molecule has 28 heavy (non-hydrogen) atoms. The van der Waals surface area contributed by atoms with Gasteiger partial charge in [0, 0.05) is 12.1 Å². The number of urea groups is 1. The molecule has 2 aromatic carbocycles. The smallest absolute Gasteiger partial charge is 0.321 e. The number of anilines is 1. The summed E-state index contributed by atoms with van der Waals surface area (Å²) in [6.07, 6.45) is 9.87. The topological polar surface area (TPSA) is 54.0 Å². The van der Waals surface area contributed by atoms with Crippen molar-refractivity contribution in [3.63, 3.8) is 0 Å². The number of fused-ring (bicyclic) bond motifs is 1. The second-order valence-electron chi connectivity index (χ2n) is 6.22. The van der Waals surface area contributed by atoms with Gasteiger partial charge in [-0.05, 0) is 54.0 Å². The van der Waals surface area contributed by atoms with E-state index in [9.17, 15) is 4.79 Å². The van der Waals surface area contributed by atoms with Crippen LogP contribution in [0.2, 0.25) is 0 Å². The Morgan fingerprint density at radius 3 is 2.82 bits per heavy atom. The number of hydrogen-bond acceptors (Lipinski definition) is 3. The van der Waals surface area contributed by atoms with Crippen molar-refractivity contribution in [3.05, 3.63) is 84.1 Å². The highest BCUT2D eigenvalue weighted by Gasteiger charge is 2.14. The van der Waals surface area contributed by atoms with Crippen LogP contribution in [0.4, 0.5) is 9.93 Å². The minimum atomic E-state index is -0.242. The number of aromatic nitrogens is 1. The van der Waals surface area contributed by atoms with E-state index in [2.05, 4.69) is 51.7 Å². The Labute approximate surface area is 167 Å². The summed E-state index contributed by atoms with van der Waals surface area (Å²) in [5.41, 5.74) is 8.34. The molecule has 2 N–H and O–H groups in total. The van der Waals surface area contributed by atoms with Crippen molar-refractivity contribution in [3.8, 4) is 11.1 Å². The summed E-state index contributed by atoms with van der Waals surface area (Å²) < 4.78 is 1.05. The minimum absolute atomic E-state index is 0.242. The molecule has 0 saturated heterocycles. The van der Waals surface area contributed by atoms with Crippen LogP contribution in [-0.4, -0.2) is 17.6 Å². The molecule has 2 amide bonds. The zero-order valence-corrected chi connectivity index (χ0v) is 16.2. The summed E-state index contributed by atoms with van der Waals surface area (Å²) in [7, 11) is 0. The predicted molar refractivity (Wildman–Crippen MR) is 118 cm³/mol. The Hall–Kier alpha value is -3.40. The van der Waals surface area contributed by atoms with Crippen LogP contribution in [-0.2, 0) is 0 Å². The third-order valence-electron chi connectivity index (χ3n) is 4.29. The average molecular weight is 385 g/mol. The maximum atomic E-state index is 11.9. The lowest BCUT2D eigenvalue weighted by Crippen LogP contribution is -2.28. The van der Waals surface area contributed by atoms with Gasteiger partial charge < -0.3 is 5.32 Å². The molecule has 0 fully saturated rings. The Kier molecular flexibility index (Phi) is 5.20. The molecule has 5 heteroatoms. The Bertz CT molecular complexity index is 1150. The highest BCUT2D eigenvalue weighted by molar-refractivity contribution is 7.22. The molecule has 3 aromatic rings. The predicted octanol–water partition coefficient (Wildman–Crippen LogP) is 5.77. The normalized spacial score (nSPS) is 12.7. The van der Waals surface area contributed by atoms with Crippen molar-refractivity contribution in [1.82, 2.24) is 10.3 Å². The first-order valence-corrected chi connectivity index (χ1v) is 9.91. The zero-order chi connectivity index (χ0) is 19.3. The molecular formula is C23H19N3OS. The summed E-state index contributed by atoms with van der Waals surface area (Å²) >= 11 is 1.49. The standard InChI is InChI=1S/C23H19N3OS/c1-2-24-22(27)26-23-25-20-15-18(16-10-6-3-4-7-11-16)14-19(21(20)28-23)17-12-8-5-9-13-17/h3,5-15H,2H2,1H3,(H2,24,25,26,27). The van der Waals surface area contributed by atoms with E-state index in [0.29, 0.717) is 11.7 Å². The molecule has 0 saturated carbocycles. The van der Waals surface area contributed by atoms with Gasteiger partial charge in [-0.2, -0.15) is 0 Å². The number of benzene rings is 2. The Balaban J connectivity index is 1.85. The number of hydrogen-bond donors (Lipinski definition) is 2. The van der Waals surface area contributed by atoms with Gasteiger partial charge in [0.2, 0.25) is 0 Å². The van der Waals surface area contributed by atoms with E-state index in [1.807, 2.05) is 49.4 Å². The van der Waals surface area contributed by atoms with Crippen molar-refractivity contribution in [2.24, 2.45) is 0 Å². The number of carbonyl (C=O) groups excluding carboxylic acids is 1. The summed E-state index contributed by atoms with van der Waals surface area (Å²) in [6.45, 7) is 2.45. The monoisotopic (exact) mass is 385 g/mol. The molecule has 1 aliphatic rings. The number of allylic oxidation sites excluding steroid dienone is 5. The molecule has 0 aliphatic heterocycles. The van der Waals surface area contributed by atoms with E-state index < -0.39 is 0 Å². The fraction of sp³-hybridized carbons (Fsp3) is 0.0870. The number of carbonyl (C=O) groups is 1. The fourth-order valence-electron chi connectivity index (χ4n) is 3.04.